The number of carbonyl (C=O) groups is 5. The molecule has 4 aliphatic heterocycles. The Kier molecular flexibility index (Phi) is 9.44. The maximum absolute atomic E-state index is 13.3. The van der Waals surface area contributed by atoms with Crippen molar-refractivity contribution in [2.45, 2.75) is 57.6 Å². The summed E-state index contributed by atoms with van der Waals surface area (Å²) in [5.41, 5.74) is 2.19. The molecule has 2 aromatic carbocycles. The highest BCUT2D eigenvalue weighted by Crippen LogP contribution is 2.33. The number of hydrogen-bond donors (Lipinski definition) is 2. The number of amides is 5. The number of hydrogen-bond acceptors (Lipinski definition) is 8. The van der Waals surface area contributed by atoms with Crippen LogP contribution in [0.15, 0.2) is 48.5 Å². The summed E-state index contributed by atoms with van der Waals surface area (Å²) in [6, 6.07) is 13.9. The Balaban J connectivity index is 0.911. The molecule has 4 aliphatic rings. The Labute approximate surface area is 263 Å². The zero-order chi connectivity index (χ0) is 31.3. The summed E-state index contributed by atoms with van der Waals surface area (Å²) in [7, 11) is 0. The van der Waals surface area contributed by atoms with Gasteiger partial charge in [-0.15, -0.1) is 0 Å². The van der Waals surface area contributed by atoms with Crippen molar-refractivity contribution in [1.29, 1.82) is 0 Å². The average molecular weight is 616 g/mol. The minimum absolute atomic E-state index is 0.0962. The van der Waals surface area contributed by atoms with Crippen molar-refractivity contribution in [3.8, 4) is 0 Å². The zero-order valence-electron chi connectivity index (χ0n) is 25.5. The molecular formula is C34H41N5O6. The van der Waals surface area contributed by atoms with Gasteiger partial charge < -0.3 is 19.9 Å². The third kappa shape index (κ3) is 7.03. The van der Waals surface area contributed by atoms with Crippen LogP contribution in [0, 0.1) is 11.8 Å². The van der Waals surface area contributed by atoms with Crippen molar-refractivity contribution in [1.82, 2.24) is 20.0 Å². The summed E-state index contributed by atoms with van der Waals surface area (Å²) in [4.78, 5) is 68.2. The fourth-order valence-electron chi connectivity index (χ4n) is 7.00. The van der Waals surface area contributed by atoms with E-state index in [0.29, 0.717) is 36.2 Å². The van der Waals surface area contributed by atoms with E-state index in [2.05, 4.69) is 15.5 Å². The van der Waals surface area contributed by atoms with Gasteiger partial charge in [0.1, 0.15) is 12.6 Å². The molecule has 11 nitrogen and oxygen atoms in total. The number of benzene rings is 2. The Bertz CT molecular complexity index is 1430. The van der Waals surface area contributed by atoms with Crippen molar-refractivity contribution in [2.75, 3.05) is 44.6 Å². The molecule has 3 saturated heterocycles. The number of fused-ring (bicyclic) bond motifs is 1. The van der Waals surface area contributed by atoms with E-state index >= 15 is 0 Å². The van der Waals surface area contributed by atoms with E-state index in [1.807, 2.05) is 35.2 Å². The van der Waals surface area contributed by atoms with Gasteiger partial charge in [-0.2, -0.15) is 0 Å². The number of likely N-dealkylation sites (tertiary alicyclic amines) is 2. The van der Waals surface area contributed by atoms with Crippen LogP contribution in [-0.4, -0.2) is 89.7 Å². The predicted octanol–water partition coefficient (Wildman–Crippen LogP) is 3.65. The van der Waals surface area contributed by atoms with Gasteiger partial charge in [-0.25, -0.2) is 4.79 Å². The molecule has 238 valence electrons. The van der Waals surface area contributed by atoms with Crippen molar-refractivity contribution in [3.05, 3.63) is 65.2 Å². The number of imide groups is 2. The Morgan fingerprint density at radius 3 is 2.31 bits per heavy atom. The van der Waals surface area contributed by atoms with Crippen LogP contribution in [0.5, 0.6) is 0 Å². The van der Waals surface area contributed by atoms with Crippen LogP contribution in [0.4, 0.5) is 10.5 Å². The lowest BCUT2D eigenvalue weighted by molar-refractivity contribution is -0.136. The molecule has 6 rings (SSSR count). The first kappa shape index (κ1) is 30.8. The van der Waals surface area contributed by atoms with Crippen LogP contribution in [0.2, 0.25) is 0 Å². The van der Waals surface area contributed by atoms with E-state index in [9.17, 15) is 24.0 Å². The molecule has 45 heavy (non-hydrogen) atoms. The second kappa shape index (κ2) is 13.8. The van der Waals surface area contributed by atoms with Gasteiger partial charge in [0, 0.05) is 38.3 Å². The number of nitrogens with zero attached hydrogens (tertiary/aromatic N) is 3. The molecular weight excluding hydrogens is 574 g/mol. The molecule has 4 heterocycles. The van der Waals surface area contributed by atoms with Gasteiger partial charge >= 0.3 is 6.09 Å². The summed E-state index contributed by atoms with van der Waals surface area (Å²) >= 11 is 0. The molecule has 2 aromatic rings. The van der Waals surface area contributed by atoms with E-state index in [1.165, 1.54) is 0 Å². The van der Waals surface area contributed by atoms with Crippen LogP contribution in [-0.2, 0) is 20.9 Å². The molecule has 3 fully saturated rings. The molecule has 5 amide bonds. The van der Waals surface area contributed by atoms with Crippen LogP contribution in [0.1, 0.15) is 71.2 Å². The summed E-state index contributed by atoms with van der Waals surface area (Å²) in [6.07, 6.45) is 5.18. The normalized spacial score (nSPS) is 21.6. The number of ether oxygens (including phenoxy) is 1. The monoisotopic (exact) mass is 615 g/mol. The maximum Gasteiger partial charge on any atom is 0.410 e. The first-order valence-electron chi connectivity index (χ1n) is 16.1. The Hall–Kier alpha value is -4.25. The van der Waals surface area contributed by atoms with Crippen molar-refractivity contribution in [3.63, 3.8) is 0 Å². The second-order valence-corrected chi connectivity index (χ2v) is 12.6. The van der Waals surface area contributed by atoms with Gasteiger partial charge in [-0.05, 0) is 81.1 Å². The number of anilines is 1. The lowest BCUT2D eigenvalue weighted by Crippen LogP contribution is -2.54. The highest BCUT2D eigenvalue weighted by molar-refractivity contribution is 6.25. The highest BCUT2D eigenvalue weighted by atomic mass is 16.6. The minimum Gasteiger partial charge on any atom is -0.445 e. The molecule has 2 N–H and O–H groups in total. The van der Waals surface area contributed by atoms with E-state index in [0.717, 1.165) is 75.3 Å². The summed E-state index contributed by atoms with van der Waals surface area (Å²) < 4.78 is 5.51. The topological polar surface area (TPSA) is 128 Å². The van der Waals surface area contributed by atoms with Crippen LogP contribution in [0.3, 0.4) is 0 Å². The third-order valence-electron chi connectivity index (χ3n) is 9.64. The highest BCUT2D eigenvalue weighted by Gasteiger charge is 2.45. The van der Waals surface area contributed by atoms with Gasteiger partial charge in [-0.1, -0.05) is 36.4 Å². The third-order valence-corrected chi connectivity index (χ3v) is 9.64. The summed E-state index contributed by atoms with van der Waals surface area (Å²) in [6.45, 7) is 5.63. The van der Waals surface area contributed by atoms with Crippen LogP contribution < -0.4 is 10.6 Å². The molecule has 0 spiro atoms. The first-order valence-corrected chi connectivity index (χ1v) is 16.1. The van der Waals surface area contributed by atoms with Gasteiger partial charge in [0.15, 0.2) is 0 Å². The summed E-state index contributed by atoms with van der Waals surface area (Å²) in [5.74, 6) is -0.817. The summed E-state index contributed by atoms with van der Waals surface area (Å²) in [5, 5.41) is 5.62. The Morgan fingerprint density at radius 2 is 1.58 bits per heavy atom. The minimum atomic E-state index is -0.970. The number of rotatable bonds is 9. The van der Waals surface area contributed by atoms with Crippen LogP contribution >= 0.6 is 0 Å². The first-order chi connectivity index (χ1) is 21.9. The smallest absolute Gasteiger partial charge is 0.410 e. The molecule has 0 radical (unpaired) electrons. The SMILES string of the molecule is O=C1CCC(N2C(=O)c3cccc(NCCC4CCN(CC5CCN(C(=O)OCc6ccccc6)CC5)CC4)c3C2=O)C(=O)N1. The molecule has 1 unspecified atom stereocenters. The largest absolute Gasteiger partial charge is 0.445 e. The van der Waals surface area contributed by atoms with E-state index < -0.39 is 23.8 Å². The Morgan fingerprint density at radius 1 is 0.844 bits per heavy atom. The van der Waals surface area contributed by atoms with Gasteiger partial charge in [0.25, 0.3) is 11.8 Å². The number of nitrogens with one attached hydrogen (secondary N) is 2. The quantitative estimate of drug-likeness (QED) is 0.410. The fourth-order valence-corrected chi connectivity index (χ4v) is 7.00. The van der Waals surface area contributed by atoms with Gasteiger partial charge in [0.05, 0.1) is 11.1 Å². The van der Waals surface area contributed by atoms with E-state index in [-0.39, 0.29) is 30.4 Å². The maximum atomic E-state index is 13.3. The molecule has 0 saturated carbocycles. The molecule has 11 heteroatoms. The van der Waals surface area contributed by atoms with Crippen molar-refractivity contribution in [2.24, 2.45) is 11.8 Å². The number of piperidine rings is 3. The fraction of sp³-hybridized carbons (Fsp3) is 0.500. The molecule has 0 aromatic heterocycles. The molecule has 1 atom stereocenters. The number of carbonyl (C=O) groups excluding carboxylic acids is 5. The van der Waals surface area contributed by atoms with Crippen molar-refractivity contribution < 1.29 is 28.7 Å². The molecule has 0 bridgehead atoms. The van der Waals surface area contributed by atoms with Gasteiger partial charge in [-0.3, -0.25) is 29.4 Å². The average Bonchev–Trinajstić information content (AvgIpc) is 3.31. The standard InChI is InChI=1S/C34H41N5O6/c40-29-10-9-28(31(41)36-29)39-32(42)26-7-4-8-27(30(26)33(39)43)35-16-11-23-12-17-37(18-13-23)21-24-14-19-38(20-15-24)34(44)45-22-25-5-2-1-3-6-25/h1-8,23-24,28,35H,9-22H2,(H,36,40,41). The van der Waals surface area contributed by atoms with Crippen molar-refractivity contribution >= 4 is 35.4 Å². The lowest BCUT2D eigenvalue weighted by atomic mass is 9.91. The zero-order valence-corrected chi connectivity index (χ0v) is 25.5. The van der Waals surface area contributed by atoms with E-state index in [4.69, 9.17) is 4.74 Å². The molecule has 0 aliphatic carbocycles. The predicted molar refractivity (Wildman–Crippen MR) is 166 cm³/mol. The van der Waals surface area contributed by atoms with E-state index in [1.54, 1.807) is 18.2 Å². The van der Waals surface area contributed by atoms with Gasteiger partial charge in [0.2, 0.25) is 11.8 Å². The lowest BCUT2D eigenvalue weighted by Gasteiger charge is -2.37. The second-order valence-electron chi connectivity index (χ2n) is 12.6. The van der Waals surface area contributed by atoms with Crippen LogP contribution in [0.25, 0.3) is 0 Å².